The van der Waals surface area contributed by atoms with Crippen LogP contribution in [0.3, 0.4) is 0 Å². The van der Waals surface area contributed by atoms with E-state index in [2.05, 4.69) is 0 Å². The number of piperidine rings is 1. The fourth-order valence-corrected chi connectivity index (χ4v) is 1.92. The number of carbonyl (C=O) groups is 2. The van der Waals surface area contributed by atoms with Crippen LogP contribution in [0, 0.1) is 0 Å². The molecule has 1 aromatic rings. The van der Waals surface area contributed by atoms with Crippen LogP contribution in [0.1, 0.15) is 34.0 Å². The van der Waals surface area contributed by atoms with Crippen molar-refractivity contribution in [2.75, 3.05) is 13.1 Å². The van der Waals surface area contributed by atoms with Gasteiger partial charge in [0.25, 0.3) is 5.91 Å². The average molecular weight is 238 g/mol. The third-order valence-corrected chi connectivity index (χ3v) is 2.77. The molecule has 2 heterocycles. The van der Waals surface area contributed by atoms with Gasteiger partial charge in [-0.25, -0.2) is 4.79 Å². The lowest BCUT2D eigenvalue weighted by Gasteiger charge is -2.29. The molecule has 0 aliphatic carbocycles. The minimum absolute atomic E-state index is 0.0124. The Bertz CT molecular complexity index is 440. The lowest BCUT2D eigenvalue weighted by molar-refractivity contribution is 0.0637. The van der Waals surface area contributed by atoms with E-state index in [1.807, 2.05) is 0 Å². The van der Waals surface area contributed by atoms with E-state index in [0.717, 1.165) is 12.8 Å². The zero-order valence-corrected chi connectivity index (χ0v) is 9.26. The fraction of sp³-hybridized carbons (Fsp3) is 0.455. The molecule has 1 unspecified atom stereocenters. The molecule has 1 aliphatic rings. The zero-order chi connectivity index (χ0) is 12.4. The Morgan fingerprint density at radius 1 is 1.41 bits per heavy atom. The maximum atomic E-state index is 12.0. The predicted octanol–water partition coefficient (Wildman–Crippen LogP) is 0.541. The number of furan rings is 1. The van der Waals surface area contributed by atoms with Gasteiger partial charge in [0, 0.05) is 19.1 Å². The molecule has 0 bridgehead atoms. The smallest absolute Gasteiger partial charge is 0.371 e. The SMILES string of the molecule is NC1CCCN(C(=O)c2ccc(C(=O)O)o2)C1. The molecule has 17 heavy (non-hydrogen) atoms. The van der Waals surface area contributed by atoms with Crippen molar-refractivity contribution in [3.8, 4) is 0 Å². The third-order valence-electron chi connectivity index (χ3n) is 2.77. The van der Waals surface area contributed by atoms with Crippen molar-refractivity contribution < 1.29 is 19.1 Å². The summed E-state index contributed by atoms with van der Waals surface area (Å²) in [5.41, 5.74) is 5.78. The highest BCUT2D eigenvalue weighted by molar-refractivity contribution is 5.93. The van der Waals surface area contributed by atoms with Crippen LogP contribution in [-0.2, 0) is 0 Å². The summed E-state index contributed by atoms with van der Waals surface area (Å²) in [4.78, 5) is 24.2. The maximum Gasteiger partial charge on any atom is 0.371 e. The van der Waals surface area contributed by atoms with E-state index in [4.69, 9.17) is 15.3 Å². The highest BCUT2D eigenvalue weighted by atomic mass is 16.4. The van der Waals surface area contributed by atoms with Crippen molar-refractivity contribution in [1.82, 2.24) is 4.90 Å². The van der Waals surface area contributed by atoms with Gasteiger partial charge in [-0.15, -0.1) is 0 Å². The molecule has 1 aromatic heterocycles. The molecule has 2 rings (SSSR count). The summed E-state index contributed by atoms with van der Waals surface area (Å²) in [5.74, 6) is -1.65. The van der Waals surface area contributed by atoms with E-state index < -0.39 is 5.97 Å². The number of nitrogens with zero attached hydrogens (tertiary/aromatic N) is 1. The van der Waals surface area contributed by atoms with E-state index in [9.17, 15) is 9.59 Å². The Hall–Kier alpha value is -1.82. The molecular weight excluding hydrogens is 224 g/mol. The minimum Gasteiger partial charge on any atom is -0.475 e. The second kappa shape index (κ2) is 4.58. The van der Waals surface area contributed by atoms with Gasteiger partial charge in [0.15, 0.2) is 5.76 Å². The van der Waals surface area contributed by atoms with Gasteiger partial charge in [-0.1, -0.05) is 0 Å². The number of likely N-dealkylation sites (tertiary alicyclic amines) is 1. The molecule has 0 saturated carbocycles. The van der Waals surface area contributed by atoms with Crippen LogP contribution >= 0.6 is 0 Å². The number of hydrogen-bond donors (Lipinski definition) is 2. The zero-order valence-electron chi connectivity index (χ0n) is 9.26. The molecular formula is C11H14N2O4. The van der Waals surface area contributed by atoms with E-state index in [1.54, 1.807) is 4.90 Å². The lowest BCUT2D eigenvalue weighted by Crippen LogP contribution is -2.45. The molecule has 1 fully saturated rings. The van der Waals surface area contributed by atoms with Gasteiger partial charge in [0.05, 0.1) is 0 Å². The number of hydrogen-bond acceptors (Lipinski definition) is 4. The molecule has 0 radical (unpaired) electrons. The Kier molecular flexibility index (Phi) is 3.14. The van der Waals surface area contributed by atoms with Crippen LogP contribution in [0.4, 0.5) is 0 Å². The summed E-state index contributed by atoms with van der Waals surface area (Å²) >= 11 is 0. The van der Waals surface area contributed by atoms with Gasteiger partial charge < -0.3 is 20.2 Å². The molecule has 1 saturated heterocycles. The van der Waals surface area contributed by atoms with Gasteiger partial charge in [0.1, 0.15) is 0 Å². The average Bonchev–Trinajstić information content (AvgIpc) is 2.77. The first-order valence-electron chi connectivity index (χ1n) is 5.46. The van der Waals surface area contributed by atoms with Crippen molar-refractivity contribution in [2.45, 2.75) is 18.9 Å². The fourth-order valence-electron chi connectivity index (χ4n) is 1.92. The van der Waals surface area contributed by atoms with E-state index in [0.29, 0.717) is 13.1 Å². The molecule has 0 spiro atoms. The predicted molar refractivity (Wildman–Crippen MR) is 58.8 cm³/mol. The molecule has 1 atom stereocenters. The van der Waals surface area contributed by atoms with Crippen molar-refractivity contribution in [3.05, 3.63) is 23.7 Å². The molecule has 92 valence electrons. The standard InChI is InChI=1S/C11H14N2O4/c12-7-2-1-5-13(6-7)10(14)8-3-4-9(17-8)11(15)16/h3-4,7H,1-2,5-6,12H2,(H,15,16). The number of nitrogens with two attached hydrogens (primary N) is 1. The summed E-state index contributed by atoms with van der Waals surface area (Å²) < 4.78 is 4.96. The van der Waals surface area contributed by atoms with Crippen molar-refractivity contribution in [3.63, 3.8) is 0 Å². The monoisotopic (exact) mass is 238 g/mol. The first kappa shape index (κ1) is 11.7. The topological polar surface area (TPSA) is 96.8 Å². The second-order valence-corrected chi connectivity index (χ2v) is 4.12. The van der Waals surface area contributed by atoms with Crippen LogP contribution in [0.15, 0.2) is 16.5 Å². The Morgan fingerprint density at radius 2 is 2.12 bits per heavy atom. The summed E-state index contributed by atoms with van der Waals surface area (Å²) in [6, 6.07) is 2.65. The highest BCUT2D eigenvalue weighted by Gasteiger charge is 2.25. The minimum atomic E-state index is -1.18. The third kappa shape index (κ3) is 2.47. The Balaban J connectivity index is 2.10. The Labute approximate surface area is 98.0 Å². The number of carboxylic acid groups (broad SMARTS) is 1. The normalized spacial score (nSPS) is 20.3. The van der Waals surface area contributed by atoms with Crippen molar-refractivity contribution in [1.29, 1.82) is 0 Å². The first-order valence-corrected chi connectivity index (χ1v) is 5.46. The van der Waals surface area contributed by atoms with Gasteiger partial charge in [-0.05, 0) is 25.0 Å². The number of aromatic carboxylic acids is 1. The summed E-state index contributed by atoms with van der Waals surface area (Å²) in [6.07, 6.45) is 1.77. The van der Waals surface area contributed by atoms with Gasteiger partial charge in [0.2, 0.25) is 5.76 Å². The largest absolute Gasteiger partial charge is 0.475 e. The summed E-state index contributed by atoms with van der Waals surface area (Å²) in [7, 11) is 0. The number of carbonyl (C=O) groups excluding carboxylic acids is 1. The van der Waals surface area contributed by atoms with Gasteiger partial charge >= 0.3 is 5.97 Å². The van der Waals surface area contributed by atoms with Crippen LogP contribution in [-0.4, -0.2) is 41.0 Å². The second-order valence-electron chi connectivity index (χ2n) is 4.12. The quantitative estimate of drug-likeness (QED) is 0.783. The van der Waals surface area contributed by atoms with E-state index in [-0.39, 0.29) is 23.5 Å². The molecule has 1 aliphatic heterocycles. The highest BCUT2D eigenvalue weighted by Crippen LogP contribution is 2.15. The molecule has 0 aromatic carbocycles. The van der Waals surface area contributed by atoms with Crippen molar-refractivity contribution in [2.24, 2.45) is 5.73 Å². The molecule has 6 nitrogen and oxygen atoms in total. The first-order chi connectivity index (χ1) is 8.08. The van der Waals surface area contributed by atoms with Crippen LogP contribution in [0.25, 0.3) is 0 Å². The van der Waals surface area contributed by atoms with Crippen LogP contribution in [0.2, 0.25) is 0 Å². The van der Waals surface area contributed by atoms with Crippen LogP contribution < -0.4 is 5.73 Å². The lowest BCUT2D eigenvalue weighted by atomic mass is 10.1. The Morgan fingerprint density at radius 3 is 2.71 bits per heavy atom. The molecule has 6 heteroatoms. The van der Waals surface area contributed by atoms with E-state index >= 15 is 0 Å². The van der Waals surface area contributed by atoms with Gasteiger partial charge in [-0.3, -0.25) is 4.79 Å². The number of carboxylic acids is 1. The number of rotatable bonds is 2. The summed E-state index contributed by atoms with van der Waals surface area (Å²) in [6.45, 7) is 1.12. The number of amides is 1. The van der Waals surface area contributed by atoms with E-state index in [1.165, 1.54) is 12.1 Å². The summed E-state index contributed by atoms with van der Waals surface area (Å²) in [5, 5.41) is 8.69. The van der Waals surface area contributed by atoms with Crippen molar-refractivity contribution >= 4 is 11.9 Å². The van der Waals surface area contributed by atoms with Crippen LogP contribution in [0.5, 0.6) is 0 Å². The maximum absolute atomic E-state index is 12.0. The van der Waals surface area contributed by atoms with Gasteiger partial charge in [-0.2, -0.15) is 0 Å². The molecule has 3 N–H and O–H groups in total. The molecule has 1 amide bonds.